The van der Waals surface area contributed by atoms with Gasteiger partial charge < -0.3 is 10.1 Å². The highest BCUT2D eigenvalue weighted by Crippen LogP contribution is 1.83. The van der Waals surface area contributed by atoms with Crippen LogP contribution >= 0.6 is 0 Å². The molecule has 0 spiro atoms. The van der Waals surface area contributed by atoms with Crippen LogP contribution in [0.15, 0.2) is 6.07 Å². The topological polar surface area (TPSA) is 53.1 Å². The maximum atomic E-state index is 10.4. The van der Waals surface area contributed by atoms with Crippen LogP contribution in [0.1, 0.15) is 31.3 Å². The van der Waals surface area contributed by atoms with E-state index in [0.29, 0.717) is 5.22 Å². The second-order valence-electron chi connectivity index (χ2n) is 2.22. The fourth-order valence-corrected chi connectivity index (χ4v) is 0.886. The number of aromatic nitrogens is 1. The summed E-state index contributed by atoms with van der Waals surface area (Å²) >= 11 is 0. The van der Waals surface area contributed by atoms with Gasteiger partial charge in [-0.05, 0) is 18.2 Å². The van der Waals surface area contributed by atoms with Gasteiger partial charge in [-0.15, -0.1) is 0 Å². The molecule has 72 valence electrons. The van der Waals surface area contributed by atoms with Gasteiger partial charge in [-0.25, -0.2) is 4.79 Å². The molecule has 1 rings (SSSR count). The fraction of sp³-hybridized carbons (Fsp3) is 0.300. The van der Waals surface area contributed by atoms with Gasteiger partial charge in [0.2, 0.25) is 0 Å². The van der Waals surface area contributed by atoms with Crippen molar-refractivity contribution in [3.8, 4) is 0 Å². The molecule has 1 aromatic rings. The molecule has 0 bridgehead atoms. The third-order valence-corrected chi connectivity index (χ3v) is 1.45. The minimum Gasteiger partial charge on any atom is -0.477 e. The Morgan fingerprint density at radius 3 is 2.38 bits per heavy atom. The van der Waals surface area contributed by atoms with Crippen LogP contribution in [0, 0.1) is 0 Å². The van der Waals surface area contributed by atoms with Crippen LogP contribution in [0.2, 0.25) is 0 Å². The zero-order valence-corrected chi connectivity index (χ0v) is 8.22. The molecule has 0 unspecified atom stereocenters. The average molecular weight is 181 g/mol. The van der Waals surface area contributed by atoms with Crippen LogP contribution in [-0.2, 0) is 0 Å². The smallest absolute Gasteiger partial charge is 0.352 e. The normalized spacial score (nSPS) is 10.5. The summed E-state index contributed by atoms with van der Waals surface area (Å²) in [7, 11) is 0. The second-order valence-corrected chi connectivity index (χ2v) is 2.22. The average Bonchev–Trinajstić information content (AvgIpc) is 2.50. The molecule has 2 N–H and O–H groups in total. The van der Waals surface area contributed by atoms with Crippen molar-refractivity contribution in [3.05, 3.63) is 22.3 Å². The Hall–Kier alpha value is -1.51. The molecule has 0 saturated heterocycles. The Morgan fingerprint density at radius 1 is 1.62 bits per heavy atom. The van der Waals surface area contributed by atoms with Crippen molar-refractivity contribution >= 4 is 18.6 Å². The predicted molar refractivity (Wildman–Crippen MR) is 54.0 cm³/mol. The van der Waals surface area contributed by atoms with Gasteiger partial charge in [0.05, 0.1) is 0 Å². The summed E-state index contributed by atoms with van der Waals surface area (Å²) in [5, 5.41) is 10.0. The number of hydrogen-bond acceptors (Lipinski definition) is 1. The number of carbonyl (C=O) groups is 1. The zero-order valence-electron chi connectivity index (χ0n) is 8.22. The van der Waals surface area contributed by atoms with Crippen molar-refractivity contribution in [3.63, 3.8) is 0 Å². The van der Waals surface area contributed by atoms with Crippen LogP contribution in [0.3, 0.4) is 0 Å². The molecule has 0 aromatic carbocycles. The van der Waals surface area contributed by atoms with E-state index < -0.39 is 5.97 Å². The Balaban J connectivity index is 0.000000671. The van der Waals surface area contributed by atoms with Gasteiger partial charge in [0, 0.05) is 5.35 Å². The van der Waals surface area contributed by atoms with Crippen molar-refractivity contribution in [1.29, 1.82) is 0 Å². The molecule has 0 aliphatic carbocycles. The second kappa shape index (κ2) is 5.19. The summed E-state index contributed by atoms with van der Waals surface area (Å²) in [6.07, 6.45) is 1.79. The van der Waals surface area contributed by atoms with Crippen molar-refractivity contribution < 1.29 is 9.90 Å². The van der Waals surface area contributed by atoms with Crippen molar-refractivity contribution in [2.24, 2.45) is 0 Å². The maximum Gasteiger partial charge on any atom is 0.352 e. The molecule has 3 heteroatoms. The summed E-state index contributed by atoms with van der Waals surface area (Å²) in [6, 6.07) is 1.51. The van der Waals surface area contributed by atoms with E-state index in [2.05, 4.69) is 11.6 Å². The molecule has 1 aromatic heterocycles. The largest absolute Gasteiger partial charge is 0.477 e. The standard InChI is InChI=1S/C8H9NO2.C2H6/c1-3-6-5(2)4-7(9-6)8(10)11;1-2/h3-4,9H,2H2,1H3,(H,10,11);1-2H3/b6-3-;. The number of H-pyrrole nitrogens is 1. The van der Waals surface area contributed by atoms with E-state index in [1.165, 1.54) is 6.07 Å². The van der Waals surface area contributed by atoms with E-state index in [4.69, 9.17) is 5.11 Å². The van der Waals surface area contributed by atoms with E-state index in [0.717, 1.165) is 5.35 Å². The van der Waals surface area contributed by atoms with Gasteiger partial charge in [-0.2, -0.15) is 0 Å². The van der Waals surface area contributed by atoms with Gasteiger partial charge in [0.25, 0.3) is 0 Å². The quantitative estimate of drug-likeness (QED) is 0.677. The van der Waals surface area contributed by atoms with E-state index in [1.807, 2.05) is 20.8 Å². The molecule has 0 atom stereocenters. The highest BCUT2D eigenvalue weighted by molar-refractivity contribution is 5.85. The summed E-state index contributed by atoms with van der Waals surface area (Å²) < 4.78 is 0. The molecule has 13 heavy (non-hydrogen) atoms. The van der Waals surface area contributed by atoms with E-state index in [-0.39, 0.29) is 5.69 Å². The Kier molecular flexibility index (Phi) is 4.59. The third kappa shape index (κ3) is 2.78. The number of carboxylic acids is 1. The monoisotopic (exact) mass is 181 g/mol. The molecule has 0 saturated carbocycles. The van der Waals surface area contributed by atoms with Gasteiger partial charge in [0.15, 0.2) is 0 Å². The van der Waals surface area contributed by atoms with Gasteiger partial charge >= 0.3 is 5.97 Å². The Morgan fingerprint density at radius 2 is 2.15 bits per heavy atom. The van der Waals surface area contributed by atoms with Crippen molar-refractivity contribution in [2.45, 2.75) is 20.8 Å². The highest BCUT2D eigenvalue weighted by Gasteiger charge is 2.02. The minimum atomic E-state index is -0.956. The highest BCUT2D eigenvalue weighted by atomic mass is 16.4. The third-order valence-electron chi connectivity index (χ3n) is 1.45. The number of hydrogen-bond donors (Lipinski definition) is 2. The lowest BCUT2D eigenvalue weighted by Gasteiger charge is -1.82. The SMILES string of the molecule is C=c1cc(C(=O)O)[nH]/c1=C\C.CC. The van der Waals surface area contributed by atoms with E-state index in [9.17, 15) is 4.79 Å². The maximum absolute atomic E-state index is 10.4. The fourth-order valence-electron chi connectivity index (χ4n) is 0.886. The molecular formula is C10H15NO2. The first-order valence-corrected chi connectivity index (χ1v) is 4.22. The lowest BCUT2D eigenvalue weighted by Crippen LogP contribution is -2.19. The summed E-state index contributed by atoms with van der Waals surface area (Å²) in [4.78, 5) is 13.1. The van der Waals surface area contributed by atoms with Gasteiger partial charge in [0.1, 0.15) is 5.69 Å². The first-order valence-electron chi connectivity index (χ1n) is 4.22. The molecule has 0 amide bonds. The number of aromatic amines is 1. The first kappa shape index (κ1) is 11.5. The molecule has 0 radical (unpaired) electrons. The molecule has 0 aliphatic heterocycles. The van der Waals surface area contributed by atoms with Crippen molar-refractivity contribution in [2.75, 3.05) is 0 Å². The molecular weight excluding hydrogens is 166 g/mol. The predicted octanol–water partition coefficient (Wildman–Crippen LogP) is 0.950. The van der Waals surface area contributed by atoms with Gasteiger partial charge in [-0.3, -0.25) is 0 Å². The lowest BCUT2D eigenvalue weighted by molar-refractivity contribution is 0.0691. The zero-order chi connectivity index (χ0) is 10.4. The van der Waals surface area contributed by atoms with Crippen molar-refractivity contribution in [1.82, 2.24) is 4.98 Å². The van der Waals surface area contributed by atoms with Crippen LogP contribution in [0.5, 0.6) is 0 Å². The van der Waals surface area contributed by atoms with Gasteiger partial charge in [-0.1, -0.05) is 26.5 Å². The van der Waals surface area contributed by atoms with Crippen LogP contribution in [0.4, 0.5) is 0 Å². The minimum absolute atomic E-state index is 0.183. The Labute approximate surface area is 77.4 Å². The van der Waals surface area contributed by atoms with Crippen LogP contribution in [0.25, 0.3) is 12.7 Å². The molecule has 3 nitrogen and oxygen atoms in total. The lowest BCUT2D eigenvalue weighted by atomic mass is 10.4. The number of nitrogens with one attached hydrogen (secondary N) is 1. The van der Waals surface area contributed by atoms with E-state index >= 15 is 0 Å². The Bertz CT molecular complexity index is 376. The molecule has 1 heterocycles. The summed E-state index contributed by atoms with van der Waals surface area (Å²) in [5.74, 6) is -0.956. The van der Waals surface area contributed by atoms with E-state index in [1.54, 1.807) is 6.08 Å². The number of rotatable bonds is 1. The summed E-state index contributed by atoms with van der Waals surface area (Å²) in [5.41, 5.74) is 0.183. The first-order chi connectivity index (χ1) is 6.15. The number of carboxylic acid groups (broad SMARTS) is 1. The molecule has 0 fully saturated rings. The van der Waals surface area contributed by atoms with Crippen LogP contribution < -0.4 is 10.6 Å². The summed E-state index contributed by atoms with van der Waals surface area (Å²) in [6.45, 7) is 9.49. The molecule has 0 aliphatic rings. The van der Waals surface area contributed by atoms with Crippen LogP contribution in [-0.4, -0.2) is 16.1 Å². The number of aromatic carboxylic acids is 1.